The van der Waals surface area contributed by atoms with Crippen LogP contribution in [0.15, 0.2) is 58.4 Å². The average molecular weight is 551 g/mol. The molecule has 0 radical (unpaired) electrons. The highest BCUT2D eigenvalue weighted by molar-refractivity contribution is 7.85. The maximum Gasteiger partial charge on any atom is 0.294 e. The first kappa shape index (κ1) is 28.6. The topological polar surface area (TPSA) is 117 Å². The summed E-state index contributed by atoms with van der Waals surface area (Å²) in [5, 5.41) is 4.14. The number of aryl methyl sites for hydroxylation is 1. The Kier molecular flexibility index (Phi) is 9.36. The Morgan fingerprint density at radius 2 is 1.73 bits per heavy atom. The maximum absolute atomic E-state index is 12.4. The van der Waals surface area contributed by atoms with Gasteiger partial charge < -0.3 is 14.2 Å². The highest BCUT2D eigenvalue weighted by Crippen LogP contribution is 2.22. The molecular weight excluding hydrogens is 520 g/mol. The predicted molar refractivity (Wildman–Crippen MR) is 140 cm³/mol. The van der Waals surface area contributed by atoms with E-state index in [1.165, 1.54) is 16.9 Å². The molecule has 3 aromatic rings. The predicted octanol–water partition coefficient (Wildman–Crippen LogP) is 4.42. The standard InChI is InChI=1S/C26H31ClN2O7S/c1-18-5-10-23(37(31,32)33)20(15-18)11-12-34-13-14-35-21-8-6-19(7-9-21)17-36-22-16-28-29(26(2,3)4)25(30)24(22)27/h5-10,15-16H,11-14,17H2,1-4H3,(H,31,32,33). The maximum atomic E-state index is 12.4. The number of rotatable bonds is 11. The van der Waals surface area contributed by atoms with Crippen LogP contribution in [0.25, 0.3) is 0 Å². The summed E-state index contributed by atoms with van der Waals surface area (Å²) < 4.78 is 50.7. The molecule has 0 fully saturated rings. The van der Waals surface area contributed by atoms with Crippen molar-refractivity contribution in [2.75, 3.05) is 19.8 Å². The van der Waals surface area contributed by atoms with Crippen LogP contribution in [0.3, 0.4) is 0 Å². The number of ether oxygens (including phenoxy) is 3. The molecule has 37 heavy (non-hydrogen) atoms. The summed E-state index contributed by atoms with van der Waals surface area (Å²) in [5.41, 5.74) is 1.36. The number of hydrogen-bond acceptors (Lipinski definition) is 7. The van der Waals surface area contributed by atoms with Crippen molar-refractivity contribution < 1.29 is 27.2 Å². The fourth-order valence-corrected chi connectivity index (χ4v) is 4.41. The lowest BCUT2D eigenvalue weighted by Gasteiger charge is -2.21. The lowest BCUT2D eigenvalue weighted by Crippen LogP contribution is -2.36. The second kappa shape index (κ2) is 12.1. The summed E-state index contributed by atoms with van der Waals surface area (Å²) in [6.45, 7) is 8.54. The van der Waals surface area contributed by atoms with Crippen molar-refractivity contribution in [3.8, 4) is 11.5 Å². The van der Waals surface area contributed by atoms with Gasteiger partial charge >= 0.3 is 0 Å². The van der Waals surface area contributed by atoms with Crippen LogP contribution in [0.5, 0.6) is 11.5 Å². The normalized spacial score (nSPS) is 11.9. The molecule has 200 valence electrons. The Hall–Kier alpha value is -2.92. The fraction of sp³-hybridized carbons (Fsp3) is 0.385. The molecule has 0 spiro atoms. The van der Waals surface area contributed by atoms with Gasteiger partial charge in [0.15, 0.2) is 10.8 Å². The van der Waals surface area contributed by atoms with Crippen LogP contribution in [-0.4, -0.2) is 42.6 Å². The van der Waals surface area contributed by atoms with E-state index >= 15 is 0 Å². The monoisotopic (exact) mass is 550 g/mol. The second-order valence-electron chi connectivity index (χ2n) is 9.44. The van der Waals surface area contributed by atoms with Gasteiger partial charge in [-0.1, -0.05) is 41.4 Å². The molecule has 0 aliphatic heterocycles. The van der Waals surface area contributed by atoms with Crippen LogP contribution in [0.2, 0.25) is 5.02 Å². The van der Waals surface area contributed by atoms with E-state index in [9.17, 15) is 17.8 Å². The van der Waals surface area contributed by atoms with Crippen LogP contribution < -0.4 is 15.0 Å². The van der Waals surface area contributed by atoms with Crippen molar-refractivity contribution in [1.29, 1.82) is 0 Å². The number of aromatic nitrogens is 2. The van der Waals surface area contributed by atoms with Gasteiger partial charge in [0, 0.05) is 0 Å². The van der Waals surface area contributed by atoms with E-state index in [0.717, 1.165) is 11.1 Å². The van der Waals surface area contributed by atoms with Gasteiger partial charge in [-0.2, -0.15) is 13.5 Å². The van der Waals surface area contributed by atoms with E-state index in [-0.39, 0.29) is 28.9 Å². The van der Waals surface area contributed by atoms with Gasteiger partial charge in [-0.3, -0.25) is 9.35 Å². The van der Waals surface area contributed by atoms with Crippen LogP contribution in [0.4, 0.5) is 0 Å². The minimum atomic E-state index is -4.28. The Balaban J connectivity index is 1.43. The smallest absolute Gasteiger partial charge is 0.294 e. The number of benzene rings is 2. The van der Waals surface area contributed by atoms with Crippen LogP contribution in [-0.2, 0) is 33.4 Å². The molecular formula is C26H31ClN2O7S. The molecule has 0 amide bonds. The zero-order valence-corrected chi connectivity index (χ0v) is 22.8. The van der Waals surface area contributed by atoms with Crippen molar-refractivity contribution >= 4 is 21.7 Å². The SMILES string of the molecule is Cc1ccc(S(=O)(=O)O)c(CCOCCOc2ccc(COc3cnn(C(C)(C)C)c(=O)c3Cl)cc2)c1. The summed E-state index contributed by atoms with van der Waals surface area (Å²) in [5.74, 6) is 0.867. The van der Waals surface area contributed by atoms with Crippen LogP contribution in [0.1, 0.15) is 37.5 Å². The number of hydrogen-bond donors (Lipinski definition) is 1. The molecule has 0 bridgehead atoms. The minimum absolute atomic E-state index is 0.0125. The molecule has 11 heteroatoms. The fourth-order valence-electron chi connectivity index (χ4n) is 3.50. The third kappa shape index (κ3) is 8.03. The van der Waals surface area contributed by atoms with Crippen molar-refractivity contribution in [3.63, 3.8) is 0 Å². The molecule has 0 atom stereocenters. The van der Waals surface area contributed by atoms with E-state index in [4.69, 9.17) is 25.8 Å². The molecule has 1 aromatic heterocycles. The lowest BCUT2D eigenvalue weighted by molar-refractivity contribution is 0.102. The summed E-state index contributed by atoms with van der Waals surface area (Å²) in [6, 6.07) is 12.0. The van der Waals surface area contributed by atoms with Gasteiger partial charge in [-0.25, -0.2) is 4.68 Å². The van der Waals surface area contributed by atoms with E-state index in [1.54, 1.807) is 24.3 Å². The van der Waals surface area contributed by atoms with Crippen molar-refractivity contribution in [1.82, 2.24) is 9.78 Å². The molecule has 1 N–H and O–H groups in total. The zero-order chi connectivity index (χ0) is 27.2. The Morgan fingerprint density at radius 3 is 2.38 bits per heavy atom. The largest absolute Gasteiger partial charge is 0.491 e. The molecule has 9 nitrogen and oxygen atoms in total. The Labute approximate surface area is 221 Å². The van der Waals surface area contributed by atoms with E-state index < -0.39 is 21.2 Å². The van der Waals surface area contributed by atoms with Crippen LogP contribution in [0, 0.1) is 6.92 Å². The quantitative estimate of drug-likeness (QED) is 0.275. The van der Waals surface area contributed by atoms with Crippen molar-refractivity contribution in [2.45, 2.75) is 51.2 Å². The first-order valence-electron chi connectivity index (χ1n) is 11.6. The van der Waals surface area contributed by atoms with E-state index in [0.29, 0.717) is 30.9 Å². The summed E-state index contributed by atoms with van der Waals surface area (Å²) in [4.78, 5) is 12.3. The van der Waals surface area contributed by atoms with Gasteiger partial charge in [0.05, 0.1) is 29.8 Å². The molecule has 0 unspecified atom stereocenters. The van der Waals surface area contributed by atoms with Crippen LogP contribution >= 0.6 is 11.6 Å². The molecule has 0 aliphatic rings. The van der Waals surface area contributed by atoms with Gasteiger partial charge in [-0.05, 0) is 63.4 Å². The average Bonchev–Trinajstić information content (AvgIpc) is 2.81. The van der Waals surface area contributed by atoms with Gasteiger partial charge in [0.2, 0.25) is 0 Å². The molecule has 3 rings (SSSR count). The first-order chi connectivity index (χ1) is 17.4. The van der Waals surface area contributed by atoms with E-state index in [2.05, 4.69) is 5.10 Å². The third-order valence-electron chi connectivity index (χ3n) is 5.35. The molecule has 2 aromatic carbocycles. The summed E-state index contributed by atoms with van der Waals surface area (Å²) in [6.07, 6.45) is 1.78. The van der Waals surface area contributed by atoms with Crippen molar-refractivity contribution in [3.05, 3.63) is 80.7 Å². The molecule has 1 heterocycles. The lowest BCUT2D eigenvalue weighted by atomic mass is 10.1. The summed E-state index contributed by atoms with van der Waals surface area (Å²) in [7, 11) is -4.28. The van der Waals surface area contributed by atoms with Crippen molar-refractivity contribution in [2.24, 2.45) is 0 Å². The van der Waals surface area contributed by atoms with Gasteiger partial charge in [0.25, 0.3) is 15.7 Å². The zero-order valence-electron chi connectivity index (χ0n) is 21.2. The highest BCUT2D eigenvalue weighted by atomic mass is 35.5. The number of nitrogens with zero attached hydrogens (tertiary/aromatic N) is 2. The third-order valence-corrected chi connectivity index (χ3v) is 6.65. The van der Waals surface area contributed by atoms with E-state index in [1.807, 2.05) is 39.8 Å². The Morgan fingerprint density at radius 1 is 1.03 bits per heavy atom. The minimum Gasteiger partial charge on any atom is -0.491 e. The van der Waals surface area contributed by atoms with Gasteiger partial charge in [-0.15, -0.1) is 0 Å². The highest BCUT2D eigenvalue weighted by Gasteiger charge is 2.20. The molecule has 0 aliphatic carbocycles. The van der Waals surface area contributed by atoms with Gasteiger partial charge in [0.1, 0.15) is 19.0 Å². The second-order valence-corrected chi connectivity index (χ2v) is 11.2. The molecule has 0 saturated heterocycles. The first-order valence-corrected chi connectivity index (χ1v) is 13.5. The Bertz CT molecular complexity index is 1380. The summed E-state index contributed by atoms with van der Waals surface area (Å²) >= 11 is 6.19. The molecule has 0 saturated carbocycles. The number of halogens is 1.